The molecule has 0 aromatic heterocycles. The van der Waals surface area contributed by atoms with Crippen LogP contribution in [0.4, 0.5) is 5.69 Å². The molecule has 1 aromatic carbocycles. The van der Waals surface area contributed by atoms with Gasteiger partial charge >= 0.3 is 0 Å². The molecule has 1 saturated heterocycles. The molecule has 8 heteroatoms. The van der Waals surface area contributed by atoms with Crippen molar-refractivity contribution in [3.63, 3.8) is 0 Å². The Labute approximate surface area is 198 Å². The maximum absolute atomic E-state index is 12.0. The van der Waals surface area contributed by atoms with Crippen LogP contribution in [0.25, 0.3) is 0 Å². The molecule has 0 unspecified atom stereocenters. The first-order chi connectivity index (χ1) is 13.8. The molecular formula is C22H38IN5O2. The number of carbonyl (C=O) groups excluding carboxylic acids is 1. The molecular weight excluding hydrogens is 493 g/mol. The van der Waals surface area contributed by atoms with E-state index in [0.717, 1.165) is 50.1 Å². The topological polar surface area (TPSA) is 78.0 Å². The summed E-state index contributed by atoms with van der Waals surface area (Å²) < 4.78 is 5.46. The van der Waals surface area contributed by atoms with Gasteiger partial charge in [0.2, 0.25) is 5.91 Å². The Morgan fingerprint density at radius 2 is 1.93 bits per heavy atom. The molecule has 0 saturated carbocycles. The van der Waals surface area contributed by atoms with Gasteiger partial charge in [-0.2, -0.15) is 0 Å². The zero-order valence-electron chi connectivity index (χ0n) is 19.0. The normalized spacial score (nSPS) is 15.5. The van der Waals surface area contributed by atoms with Crippen molar-refractivity contribution in [2.75, 3.05) is 45.2 Å². The third-order valence-corrected chi connectivity index (χ3v) is 5.04. The first-order valence-electron chi connectivity index (χ1n) is 10.5. The second kappa shape index (κ2) is 13.1. The summed E-state index contributed by atoms with van der Waals surface area (Å²) in [5.74, 6) is 1.16. The van der Waals surface area contributed by atoms with Gasteiger partial charge in [-0.3, -0.25) is 14.7 Å². The molecule has 1 heterocycles. The van der Waals surface area contributed by atoms with E-state index in [9.17, 15) is 4.79 Å². The number of guanidine groups is 1. The lowest BCUT2D eigenvalue weighted by atomic mass is 10.0. The average molecular weight is 531 g/mol. The zero-order chi connectivity index (χ0) is 21.3. The molecule has 1 aromatic rings. The molecule has 0 aliphatic carbocycles. The summed E-state index contributed by atoms with van der Waals surface area (Å²) in [6.45, 7) is 13.5. The third kappa shape index (κ3) is 9.18. The number of morpholine rings is 1. The van der Waals surface area contributed by atoms with E-state index in [0.29, 0.717) is 18.9 Å². The average Bonchev–Trinajstić information content (AvgIpc) is 2.68. The van der Waals surface area contributed by atoms with Gasteiger partial charge in [-0.15, -0.1) is 24.0 Å². The van der Waals surface area contributed by atoms with E-state index < -0.39 is 0 Å². The first-order valence-corrected chi connectivity index (χ1v) is 10.5. The number of hydrogen-bond donors (Lipinski definition) is 3. The van der Waals surface area contributed by atoms with Crippen LogP contribution in [-0.2, 0) is 16.1 Å². The summed E-state index contributed by atoms with van der Waals surface area (Å²) >= 11 is 0. The maximum atomic E-state index is 12.0. The van der Waals surface area contributed by atoms with Crippen molar-refractivity contribution in [2.45, 2.75) is 46.2 Å². The number of amides is 1. The third-order valence-electron chi connectivity index (χ3n) is 5.04. The zero-order valence-corrected chi connectivity index (χ0v) is 21.3. The molecule has 1 aliphatic heterocycles. The summed E-state index contributed by atoms with van der Waals surface area (Å²) in [5, 5.41) is 9.76. The van der Waals surface area contributed by atoms with E-state index in [2.05, 4.69) is 39.7 Å². The minimum absolute atomic E-state index is 0. The van der Waals surface area contributed by atoms with Crippen molar-refractivity contribution in [1.82, 2.24) is 15.5 Å². The lowest BCUT2D eigenvalue weighted by Crippen LogP contribution is -2.56. The van der Waals surface area contributed by atoms with E-state index in [-0.39, 0.29) is 35.4 Å². The van der Waals surface area contributed by atoms with E-state index in [1.165, 1.54) is 0 Å². The smallest absolute Gasteiger partial charge is 0.224 e. The van der Waals surface area contributed by atoms with Gasteiger partial charge in [0, 0.05) is 50.9 Å². The lowest BCUT2D eigenvalue weighted by molar-refractivity contribution is -0.116. The molecule has 3 N–H and O–H groups in total. The Morgan fingerprint density at radius 3 is 2.57 bits per heavy atom. The molecule has 2 rings (SSSR count). The Bertz CT molecular complexity index is 688. The lowest BCUT2D eigenvalue weighted by Gasteiger charge is -2.41. The highest BCUT2D eigenvalue weighted by molar-refractivity contribution is 14.0. The van der Waals surface area contributed by atoms with Crippen LogP contribution >= 0.6 is 24.0 Å². The predicted molar refractivity (Wildman–Crippen MR) is 135 cm³/mol. The molecule has 1 aliphatic rings. The highest BCUT2D eigenvalue weighted by Crippen LogP contribution is 2.15. The van der Waals surface area contributed by atoms with Crippen molar-refractivity contribution < 1.29 is 9.53 Å². The second-order valence-corrected chi connectivity index (χ2v) is 8.54. The van der Waals surface area contributed by atoms with Crippen LogP contribution in [0.1, 0.15) is 39.7 Å². The van der Waals surface area contributed by atoms with Crippen molar-refractivity contribution in [1.29, 1.82) is 0 Å². The molecule has 1 amide bonds. The van der Waals surface area contributed by atoms with Gasteiger partial charge in [0.25, 0.3) is 0 Å². The number of halogens is 1. The van der Waals surface area contributed by atoms with E-state index in [1.807, 2.05) is 38.1 Å². The van der Waals surface area contributed by atoms with Gasteiger partial charge in [0.05, 0.1) is 13.2 Å². The highest BCUT2D eigenvalue weighted by Gasteiger charge is 2.28. The fraction of sp³-hybridized carbons (Fsp3) is 0.636. The van der Waals surface area contributed by atoms with Gasteiger partial charge < -0.3 is 20.7 Å². The standard InChI is InChI=1S/C22H37N5O2.HI/c1-17(2)13-20(28)26-19-8-6-7-18(14-19)15-24-21(23-5)25-16-22(3,4)27-9-11-29-12-10-27;/h6-8,14,17H,9-13,15-16H2,1-5H3,(H,26,28)(H2,23,24,25);1H. The number of carbonyl (C=O) groups is 1. The van der Waals surface area contributed by atoms with Crippen LogP contribution in [0.15, 0.2) is 29.3 Å². The van der Waals surface area contributed by atoms with Crippen molar-refractivity contribution in [3.8, 4) is 0 Å². The van der Waals surface area contributed by atoms with Gasteiger partial charge in [-0.25, -0.2) is 0 Å². The quantitative estimate of drug-likeness (QED) is 0.273. The van der Waals surface area contributed by atoms with Gasteiger partial charge in [-0.05, 0) is 37.5 Å². The van der Waals surface area contributed by atoms with E-state index >= 15 is 0 Å². The molecule has 7 nitrogen and oxygen atoms in total. The summed E-state index contributed by atoms with van der Waals surface area (Å²) in [6.07, 6.45) is 0.526. The van der Waals surface area contributed by atoms with Crippen LogP contribution in [0.2, 0.25) is 0 Å². The number of aliphatic imine (C=N–C) groups is 1. The van der Waals surface area contributed by atoms with Gasteiger partial charge in [-0.1, -0.05) is 26.0 Å². The summed E-state index contributed by atoms with van der Waals surface area (Å²) in [7, 11) is 1.78. The fourth-order valence-electron chi connectivity index (χ4n) is 3.33. The summed E-state index contributed by atoms with van der Waals surface area (Å²) in [4.78, 5) is 18.8. The van der Waals surface area contributed by atoms with Crippen LogP contribution in [-0.4, -0.2) is 62.2 Å². The minimum atomic E-state index is 0. The first kappa shape index (κ1) is 26.6. The minimum Gasteiger partial charge on any atom is -0.379 e. The summed E-state index contributed by atoms with van der Waals surface area (Å²) in [5.41, 5.74) is 1.93. The molecule has 170 valence electrons. The number of ether oxygens (including phenoxy) is 1. The number of nitrogens with zero attached hydrogens (tertiary/aromatic N) is 2. The van der Waals surface area contributed by atoms with Crippen LogP contribution in [0, 0.1) is 5.92 Å². The predicted octanol–water partition coefficient (Wildman–Crippen LogP) is 3.07. The van der Waals surface area contributed by atoms with Crippen molar-refractivity contribution in [3.05, 3.63) is 29.8 Å². The Kier molecular flexibility index (Phi) is 11.6. The van der Waals surface area contributed by atoms with E-state index in [1.54, 1.807) is 7.05 Å². The van der Waals surface area contributed by atoms with Gasteiger partial charge in [0.15, 0.2) is 5.96 Å². The molecule has 0 radical (unpaired) electrons. The van der Waals surface area contributed by atoms with Crippen LogP contribution < -0.4 is 16.0 Å². The number of rotatable bonds is 8. The van der Waals surface area contributed by atoms with E-state index in [4.69, 9.17) is 4.74 Å². The Balaban J connectivity index is 0.00000450. The Morgan fingerprint density at radius 1 is 1.23 bits per heavy atom. The van der Waals surface area contributed by atoms with Crippen LogP contribution in [0.5, 0.6) is 0 Å². The largest absolute Gasteiger partial charge is 0.379 e. The molecule has 1 fully saturated rings. The molecule has 0 spiro atoms. The number of hydrogen-bond acceptors (Lipinski definition) is 4. The number of nitrogens with one attached hydrogen (secondary N) is 3. The number of benzene rings is 1. The van der Waals surface area contributed by atoms with Gasteiger partial charge in [0.1, 0.15) is 0 Å². The molecule has 30 heavy (non-hydrogen) atoms. The monoisotopic (exact) mass is 531 g/mol. The second-order valence-electron chi connectivity index (χ2n) is 8.54. The molecule has 0 bridgehead atoms. The van der Waals surface area contributed by atoms with Crippen molar-refractivity contribution >= 4 is 41.5 Å². The SMILES string of the molecule is CN=C(NCc1cccc(NC(=O)CC(C)C)c1)NCC(C)(C)N1CCOCC1.I. The fourth-order valence-corrected chi connectivity index (χ4v) is 3.33. The van der Waals surface area contributed by atoms with Crippen LogP contribution in [0.3, 0.4) is 0 Å². The highest BCUT2D eigenvalue weighted by atomic mass is 127. The molecule has 0 atom stereocenters. The van der Waals surface area contributed by atoms with Crippen molar-refractivity contribution in [2.24, 2.45) is 10.9 Å². The Hall–Kier alpha value is -1.39. The summed E-state index contributed by atoms with van der Waals surface area (Å²) in [6, 6.07) is 7.91. The maximum Gasteiger partial charge on any atom is 0.224 e. The number of anilines is 1.